The average Bonchev–Trinajstić information content (AvgIpc) is 3.19. The molecule has 1 aromatic carbocycles. The van der Waals surface area contributed by atoms with Gasteiger partial charge in [0.2, 0.25) is 0 Å². The van der Waals surface area contributed by atoms with E-state index in [-0.39, 0.29) is 25.0 Å². The minimum Gasteiger partial charge on any atom is -0.462 e. The van der Waals surface area contributed by atoms with Crippen LogP contribution >= 0.6 is 11.8 Å². The lowest BCUT2D eigenvalue weighted by molar-refractivity contribution is -0.426. The Morgan fingerprint density at radius 3 is 2.57 bits per heavy atom. The number of ether oxygens (including phenoxy) is 1. The Morgan fingerprint density at radius 2 is 1.93 bits per heavy atom. The molecule has 1 unspecified atom stereocenters. The number of rotatable bonds is 7. The Bertz CT molecular complexity index is 936. The van der Waals surface area contributed by atoms with Gasteiger partial charge in [-0.05, 0) is 48.6 Å². The van der Waals surface area contributed by atoms with Crippen LogP contribution in [0.5, 0.6) is 0 Å². The van der Waals surface area contributed by atoms with Gasteiger partial charge in [-0.1, -0.05) is 13.8 Å². The highest BCUT2D eigenvalue weighted by Crippen LogP contribution is 2.28. The lowest BCUT2D eigenvalue weighted by atomic mass is 10.1. The lowest BCUT2D eigenvalue weighted by Gasteiger charge is -2.25. The zero-order valence-corrected chi connectivity index (χ0v) is 17.9. The molecule has 8 nitrogen and oxygen atoms in total. The first kappa shape index (κ1) is 21.8. The zero-order valence-electron chi connectivity index (χ0n) is 17.1. The van der Waals surface area contributed by atoms with Crippen molar-refractivity contribution in [1.29, 1.82) is 0 Å². The first-order chi connectivity index (χ1) is 14.3. The number of benzene rings is 1. The van der Waals surface area contributed by atoms with Gasteiger partial charge in [0.05, 0.1) is 18.7 Å². The molecule has 0 bridgehead atoms. The number of carbonyl (C=O) groups excluding carboxylic acids is 4. The van der Waals surface area contributed by atoms with Gasteiger partial charge in [-0.25, -0.2) is 9.59 Å². The highest BCUT2D eigenvalue weighted by atomic mass is 32.2. The number of fused-ring (bicyclic) bond motifs is 1. The van der Waals surface area contributed by atoms with Crippen molar-refractivity contribution in [2.45, 2.75) is 26.0 Å². The van der Waals surface area contributed by atoms with Crippen molar-refractivity contribution in [3.63, 3.8) is 0 Å². The third kappa shape index (κ3) is 4.62. The summed E-state index contributed by atoms with van der Waals surface area (Å²) in [5.41, 5.74) is 1.41. The van der Waals surface area contributed by atoms with E-state index in [2.05, 4.69) is 5.32 Å². The van der Waals surface area contributed by atoms with Crippen LogP contribution in [0.3, 0.4) is 0 Å². The number of urea groups is 1. The molecule has 1 atom stereocenters. The molecule has 0 spiro atoms. The topological polar surface area (TPSA) is 95.8 Å². The van der Waals surface area contributed by atoms with E-state index < -0.39 is 23.2 Å². The van der Waals surface area contributed by atoms with Crippen LogP contribution in [0, 0.1) is 5.92 Å². The summed E-state index contributed by atoms with van der Waals surface area (Å²) in [4.78, 5) is 51.1. The molecule has 4 amide bonds. The molecule has 30 heavy (non-hydrogen) atoms. The minimum atomic E-state index is -0.502. The molecule has 1 N–H and O–H groups in total. The number of esters is 1. The average molecular weight is 431 g/mol. The van der Waals surface area contributed by atoms with Crippen LogP contribution in [-0.2, 0) is 14.3 Å². The minimum absolute atomic E-state index is 0.118. The third-order valence-corrected chi connectivity index (χ3v) is 5.52. The van der Waals surface area contributed by atoms with Gasteiger partial charge in [0, 0.05) is 5.69 Å². The fraction of sp³-hybridized carbons (Fsp3) is 0.381. The van der Waals surface area contributed by atoms with E-state index in [1.807, 2.05) is 13.8 Å². The quantitative estimate of drug-likeness (QED) is 0.528. The number of nitrogens with one attached hydrogen (secondary N) is 1. The summed E-state index contributed by atoms with van der Waals surface area (Å²) < 4.78 is 6.29. The van der Waals surface area contributed by atoms with Gasteiger partial charge in [0.15, 0.2) is 11.8 Å². The van der Waals surface area contributed by atoms with E-state index in [1.165, 1.54) is 21.2 Å². The van der Waals surface area contributed by atoms with Crippen LogP contribution in [0.4, 0.5) is 10.5 Å². The summed E-state index contributed by atoms with van der Waals surface area (Å²) in [6.45, 7) is 5.95. The van der Waals surface area contributed by atoms with Crippen LogP contribution in [-0.4, -0.2) is 63.9 Å². The Morgan fingerprint density at radius 1 is 1.23 bits per heavy atom. The smallest absolute Gasteiger partial charge is 0.462 e. The second-order valence-corrected chi connectivity index (χ2v) is 8.32. The van der Waals surface area contributed by atoms with E-state index >= 15 is 0 Å². The number of carbonyl (C=O) groups is 4. The van der Waals surface area contributed by atoms with Crippen molar-refractivity contribution < 1.29 is 28.5 Å². The molecule has 2 aliphatic rings. The largest absolute Gasteiger partial charge is 0.501 e. The Labute approximate surface area is 179 Å². The molecule has 2 aliphatic heterocycles. The number of thioether (sulfide) groups is 1. The highest BCUT2D eigenvalue weighted by Gasteiger charge is 2.49. The van der Waals surface area contributed by atoms with Crippen LogP contribution in [0.1, 0.15) is 31.1 Å². The van der Waals surface area contributed by atoms with Crippen molar-refractivity contribution >= 4 is 47.0 Å². The van der Waals surface area contributed by atoms with E-state index in [9.17, 15) is 19.2 Å². The summed E-state index contributed by atoms with van der Waals surface area (Å²) in [5.74, 6) is -0.961. The van der Waals surface area contributed by atoms with Gasteiger partial charge in [-0.2, -0.15) is 14.3 Å². The van der Waals surface area contributed by atoms with Crippen molar-refractivity contribution in [3.8, 4) is 0 Å². The maximum absolute atomic E-state index is 12.9. The van der Waals surface area contributed by atoms with Gasteiger partial charge in [-0.15, -0.1) is 11.8 Å². The van der Waals surface area contributed by atoms with Gasteiger partial charge in [0.1, 0.15) is 5.71 Å². The van der Waals surface area contributed by atoms with Crippen molar-refractivity contribution in [3.05, 3.63) is 41.3 Å². The molecule has 9 heteroatoms. The summed E-state index contributed by atoms with van der Waals surface area (Å²) in [5, 5.41) is 3.99. The second-order valence-electron chi connectivity index (χ2n) is 7.30. The number of nitrogens with zero attached hydrogens (tertiary/aromatic N) is 2. The molecule has 0 aromatic heterocycles. The summed E-state index contributed by atoms with van der Waals surface area (Å²) in [6.07, 6.45) is 1.71. The lowest BCUT2D eigenvalue weighted by Crippen LogP contribution is -2.57. The number of amides is 4. The number of allylic oxidation sites excluding steroid dienone is 1. The Kier molecular flexibility index (Phi) is 6.71. The van der Waals surface area contributed by atoms with E-state index in [1.54, 1.807) is 42.7 Å². The molecule has 0 fully saturated rings. The molecule has 0 saturated carbocycles. The SMILES string of the molecule is CCOC(=O)c1ccc(NC(=O)C[N+]2=C3C=CSC3C(=O)N(CC(C)C)C2=O)cc1. The van der Waals surface area contributed by atoms with Gasteiger partial charge >= 0.3 is 17.9 Å². The summed E-state index contributed by atoms with van der Waals surface area (Å²) >= 11 is 1.33. The first-order valence-electron chi connectivity index (χ1n) is 9.70. The van der Waals surface area contributed by atoms with Gasteiger partial charge < -0.3 is 10.1 Å². The van der Waals surface area contributed by atoms with Gasteiger partial charge in [0.25, 0.3) is 5.91 Å². The molecule has 3 rings (SSSR count). The number of hydrogen-bond donors (Lipinski definition) is 1. The maximum atomic E-state index is 12.9. The fourth-order valence-electron chi connectivity index (χ4n) is 3.19. The molecule has 0 aliphatic carbocycles. The van der Waals surface area contributed by atoms with Crippen LogP contribution < -0.4 is 5.32 Å². The van der Waals surface area contributed by atoms with Crippen molar-refractivity contribution in [2.24, 2.45) is 5.92 Å². The summed E-state index contributed by atoms with van der Waals surface area (Å²) in [7, 11) is 0. The number of hydrogen-bond acceptors (Lipinski definition) is 6. The van der Waals surface area contributed by atoms with E-state index in [4.69, 9.17) is 4.74 Å². The predicted molar refractivity (Wildman–Crippen MR) is 114 cm³/mol. The number of imide groups is 1. The fourth-order valence-corrected chi connectivity index (χ4v) is 4.16. The molecular formula is C21H24N3O5S+. The maximum Gasteiger partial charge on any atom is 0.501 e. The monoisotopic (exact) mass is 430 g/mol. The summed E-state index contributed by atoms with van der Waals surface area (Å²) in [6, 6.07) is 5.82. The zero-order chi connectivity index (χ0) is 21.8. The number of anilines is 1. The van der Waals surface area contributed by atoms with Crippen molar-refractivity contribution in [1.82, 2.24) is 4.90 Å². The predicted octanol–water partition coefficient (Wildman–Crippen LogP) is 2.50. The Hall–Kier alpha value is -2.94. The van der Waals surface area contributed by atoms with E-state index in [0.717, 1.165) is 0 Å². The van der Waals surface area contributed by atoms with Crippen LogP contribution in [0.15, 0.2) is 35.7 Å². The molecule has 0 radical (unpaired) electrons. The van der Waals surface area contributed by atoms with Crippen LogP contribution in [0.25, 0.3) is 0 Å². The molecule has 2 heterocycles. The molecule has 0 saturated heterocycles. The third-order valence-electron chi connectivity index (χ3n) is 4.52. The molecule has 1 aromatic rings. The molecular weight excluding hydrogens is 406 g/mol. The normalized spacial score (nSPS) is 18.1. The molecule has 158 valence electrons. The van der Waals surface area contributed by atoms with Crippen LogP contribution in [0.2, 0.25) is 0 Å². The first-order valence-corrected chi connectivity index (χ1v) is 10.6. The van der Waals surface area contributed by atoms with Gasteiger partial charge in [-0.3, -0.25) is 4.79 Å². The van der Waals surface area contributed by atoms with E-state index in [0.29, 0.717) is 23.5 Å². The highest BCUT2D eigenvalue weighted by molar-refractivity contribution is 8.04. The second kappa shape index (κ2) is 9.25. The Balaban J connectivity index is 1.74. The van der Waals surface area contributed by atoms with Crippen molar-refractivity contribution in [2.75, 3.05) is 25.0 Å². The standard InChI is InChI=1S/C21H23N3O5S/c1-4-29-20(27)14-5-7-15(8-6-14)22-17(25)12-23-16-9-10-30-18(16)19(26)24(21(23)28)11-13(2)3/h5-10,13,18H,4,11-12H2,1-3H3/p+1.